The first-order valence-corrected chi connectivity index (χ1v) is 2.95. The summed E-state index contributed by atoms with van der Waals surface area (Å²) < 4.78 is 0. The van der Waals surface area contributed by atoms with Gasteiger partial charge in [-0.25, -0.2) is 0 Å². The van der Waals surface area contributed by atoms with Gasteiger partial charge in [0, 0.05) is 6.42 Å². The van der Waals surface area contributed by atoms with Crippen LogP contribution in [0.25, 0.3) is 0 Å². The lowest BCUT2D eigenvalue weighted by atomic mass is 10.2. The predicted molar refractivity (Wildman–Crippen MR) is 31.6 cm³/mol. The Kier molecular flexibility index (Phi) is 1.86. The van der Waals surface area contributed by atoms with E-state index >= 15 is 0 Å². The van der Waals surface area contributed by atoms with Crippen LogP contribution in [0.1, 0.15) is 6.42 Å². The zero-order chi connectivity index (χ0) is 7.56. The summed E-state index contributed by atoms with van der Waals surface area (Å²) in [5.41, 5.74) is 2.21. The number of aliphatic hydroxyl groups excluding tert-OH is 1. The van der Waals surface area contributed by atoms with Crippen molar-refractivity contribution in [2.24, 2.45) is 0 Å². The van der Waals surface area contributed by atoms with Crippen LogP contribution in [-0.2, 0) is 9.59 Å². The number of hydrogen-bond acceptors (Lipinski definition) is 3. The highest BCUT2D eigenvalue weighted by molar-refractivity contribution is 5.85. The van der Waals surface area contributed by atoms with E-state index in [1.54, 1.807) is 0 Å². The zero-order valence-electron chi connectivity index (χ0n) is 5.33. The molecule has 1 rings (SSSR count). The van der Waals surface area contributed by atoms with Crippen LogP contribution < -0.4 is 5.43 Å². The van der Waals surface area contributed by atoms with Gasteiger partial charge in [0.2, 0.25) is 5.91 Å². The molecule has 0 bridgehead atoms. The molecule has 0 saturated carbocycles. The summed E-state index contributed by atoms with van der Waals surface area (Å²) in [5.74, 6) is -0.658. The van der Waals surface area contributed by atoms with Crippen LogP contribution in [0.4, 0.5) is 0 Å². The molecule has 5 heteroatoms. The summed E-state index contributed by atoms with van der Waals surface area (Å²) in [6.45, 7) is -0.0334. The SMILES string of the molecule is O=C(CO)NN1CCC1=O. The minimum absolute atomic E-state index is 0.109. The van der Waals surface area contributed by atoms with Crippen molar-refractivity contribution in [2.45, 2.75) is 6.42 Å². The standard InChI is InChI=1S/C5H8N2O3/c8-3-4(9)6-7-2-1-5(7)10/h8H,1-3H2,(H,6,9). The molecule has 0 unspecified atom stereocenters. The van der Waals surface area contributed by atoms with Crippen LogP contribution in [-0.4, -0.2) is 35.1 Å². The molecule has 1 aliphatic heterocycles. The van der Waals surface area contributed by atoms with Gasteiger partial charge in [-0.05, 0) is 0 Å². The molecule has 10 heavy (non-hydrogen) atoms. The number of nitrogens with zero attached hydrogens (tertiary/aromatic N) is 1. The minimum Gasteiger partial charge on any atom is -0.386 e. The molecule has 0 spiro atoms. The quantitative estimate of drug-likeness (QED) is 0.451. The molecule has 2 amide bonds. The maximum absolute atomic E-state index is 10.5. The van der Waals surface area contributed by atoms with E-state index in [-0.39, 0.29) is 5.91 Å². The molecule has 0 aromatic carbocycles. The lowest BCUT2D eigenvalue weighted by Crippen LogP contribution is -2.54. The Morgan fingerprint density at radius 3 is 2.80 bits per heavy atom. The summed E-state index contributed by atoms with van der Waals surface area (Å²) in [4.78, 5) is 20.9. The van der Waals surface area contributed by atoms with Crippen molar-refractivity contribution < 1.29 is 14.7 Å². The number of nitrogens with one attached hydrogen (secondary N) is 1. The van der Waals surface area contributed by atoms with Crippen molar-refractivity contribution in [3.8, 4) is 0 Å². The number of hydrazine groups is 1. The minimum atomic E-state index is -0.580. The highest BCUT2D eigenvalue weighted by Gasteiger charge is 2.24. The number of hydrogen-bond donors (Lipinski definition) is 2. The van der Waals surface area contributed by atoms with Gasteiger partial charge in [-0.2, -0.15) is 0 Å². The molecule has 1 saturated heterocycles. The third-order valence-corrected chi connectivity index (χ3v) is 1.25. The van der Waals surface area contributed by atoms with Gasteiger partial charge in [-0.1, -0.05) is 0 Å². The average Bonchev–Trinajstić information content (AvgIpc) is 1.96. The van der Waals surface area contributed by atoms with Crippen LogP contribution in [0.5, 0.6) is 0 Å². The topological polar surface area (TPSA) is 69.6 Å². The predicted octanol–water partition coefficient (Wildman–Crippen LogP) is -1.76. The van der Waals surface area contributed by atoms with Crippen LogP contribution in [0.3, 0.4) is 0 Å². The maximum Gasteiger partial charge on any atom is 0.264 e. The highest BCUT2D eigenvalue weighted by Crippen LogP contribution is 2.02. The Morgan fingerprint density at radius 1 is 1.80 bits per heavy atom. The van der Waals surface area contributed by atoms with Crippen molar-refractivity contribution in [2.75, 3.05) is 13.2 Å². The third kappa shape index (κ3) is 1.24. The molecule has 0 radical (unpaired) electrons. The molecule has 5 nitrogen and oxygen atoms in total. The second-order valence-corrected chi connectivity index (χ2v) is 1.99. The molecule has 1 fully saturated rings. The largest absolute Gasteiger partial charge is 0.386 e. The monoisotopic (exact) mass is 144 g/mol. The van der Waals surface area contributed by atoms with Crippen molar-refractivity contribution in [1.82, 2.24) is 10.4 Å². The van der Waals surface area contributed by atoms with E-state index in [9.17, 15) is 9.59 Å². The number of rotatable bonds is 2. The Bertz CT molecular complexity index is 168. The molecule has 0 aromatic rings. The van der Waals surface area contributed by atoms with E-state index < -0.39 is 12.5 Å². The van der Waals surface area contributed by atoms with Crippen LogP contribution in [0.15, 0.2) is 0 Å². The zero-order valence-corrected chi connectivity index (χ0v) is 5.33. The van der Waals surface area contributed by atoms with Crippen molar-refractivity contribution >= 4 is 11.8 Å². The van der Waals surface area contributed by atoms with E-state index in [4.69, 9.17) is 5.11 Å². The van der Waals surface area contributed by atoms with Gasteiger partial charge in [0.25, 0.3) is 5.91 Å². The smallest absolute Gasteiger partial charge is 0.264 e. The van der Waals surface area contributed by atoms with Gasteiger partial charge in [-0.3, -0.25) is 20.0 Å². The average molecular weight is 144 g/mol. The normalized spacial score (nSPS) is 16.5. The Morgan fingerprint density at radius 2 is 2.50 bits per heavy atom. The molecule has 2 N–H and O–H groups in total. The van der Waals surface area contributed by atoms with Gasteiger partial charge in [0.15, 0.2) is 0 Å². The van der Waals surface area contributed by atoms with Crippen molar-refractivity contribution in [3.05, 3.63) is 0 Å². The summed E-state index contributed by atoms with van der Waals surface area (Å²) in [5, 5.41) is 9.42. The molecule has 1 aliphatic rings. The molecule has 1 heterocycles. The van der Waals surface area contributed by atoms with Gasteiger partial charge >= 0.3 is 0 Å². The van der Waals surface area contributed by atoms with Gasteiger partial charge in [0.1, 0.15) is 6.61 Å². The molecular weight excluding hydrogens is 136 g/mol. The fourth-order valence-corrected chi connectivity index (χ4v) is 0.619. The van der Waals surface area contributed by atoms with Crippen LogP contribution in [0, 0.1) is 0 Å². The fraction of sp³-hybridized carbons (Fsp3) is 0.600. The maximum atomic E-state index is 10.5. The summed E-state index contributed by atoms with van der Waals surface area (Å²) in [7, 11) is 0. The van der Waals surface area contributed by atoms with E-state index in [1.165, 1.54) is 5.01 Å². The second kappa shape index (κ2) is 2.66. The first-order chi connectivity index (χ1) is 4.74. The van der Waals surface area contributed by atoms with E-state index in [0.29, 0.717) is 13.0 Å². The van der Waals surface area contributed by atoms with Gasteiger partial charge < -0.3 is 5.11 Å². The van der Waals surface area contributed by atoms with Gasteiger partial charge in [-0.15, -0.1) is 0 Å². The van der Waals surface area contributed by atoms with Crippen molar-refractivity contribution in [3.63, 3.8) is 0 Å². The molecular formula is C5H8N2O3. The van der Waals surface area contributed by atoms with Crippen molar-refractivity contribution in [1.29, 1.82) is 0 Å². The van der Waals surface area contributed by atoms with Gasteiger partial charge in [0.05, 0.1) is 6.54 Å². The molecule has 0 atom stereocenters. The Hall–Kier alpha value is -1.10. The molecule has 0 aromatic heterocycles. The third-order valence-electron chi connectivity index (χ3n) is 1.25. The highest BCUT2D eigenvalue weighted by atomic mass is 16.3. The van der Waals surface area contributed by atoms with E-state index in [0.717, 1.165) is 0 Å². The number of β-lactam (4-membered cyclic amide) rings is 1. The van der Waals surface area contributed by atoms with Crippen LogP contribution in [0.2, 0.25) is 0 Å². The number of carbonyl (C=O) groups excluding carboxylic acids is 2. The second-order valence-electron chi connectivity index (χ2n) is 1.99. The van der Waals surface area contributed by atoms with E-state index in [1.807, 2.05) is 0 Å². The summed E-state index contributed by atoms with van der Waals surface area (Å²) in [6, 6.07) is 0. The first kappa shape index (κ1) is 7.01. The Labute approximate surface area is 57.6 Å². The van der Waals surface area contributed by atoms with Crippen LogP contribution >= 0.6 is 0 Å². The fourth-order valence-electron chi connectivity index (χ4n) is 0.619. The lowest BCUT2D eigenvalue weighted by molar-refractivity contribution is -0.150. The molecule has 56 valence electrons. The summed E-state index contributed by atoms with van der Waals surface area (Å²) >= 11 is 0. The van der Waals surface area contributed by atoms with E-state index in [2.05, 4.69) is 5.43 Å². The number of amides is 2. The summed E-state index contributed by atoms with van der Waals surface area (Å²) in [6.07, 6.45) is 0.478. The Balaban J connectivity index is 2.25. The number of carbonyl (C=O) groups is 2. The number of aliphatic hydroxyl groups is 1. The lowest BCUT2D eigenvalue weighted by Gasteiger charge is -2.30. The molecule has 0 aliphatic carbocycles. The first-order valence-electron chi connectivity index (χ1n) is 2.95.